The SMILES string of the molecule is Cc1cc(C)cc(C(C)Nc2ccc(F)cc2I)c1. The van der Waals surface area contributed by atoms with Crippen molar-refractivity contribution in [3.05, 3.63) is 62.5 Å². The highest BCUT2D eigenvalue weighted by atomic mass is 127. The quantitative estimate of drug-likeness (QED) is 0.732. The lowest BCUT2D eigenvalue weighted by molar-refractivity contribution is 0.627. The van der Waals surface area contributed by atoms with Gasteiger partial charge < -0.3 is 5.32 Å². The predicted molar refractivity (Wildman–Crippen MR) is 87.1 cm³/mol. The third kappa shape index (κ3) is 3.69. The minimum absolute atomic E-state index is 0.192. The van der Waals surface area contributed by atoms with Crippen LogP contribution >= 0.6 is 22.6 Å². The van der Waals surface area contributed by atoms with Gasteiger partial charge in [0, 0.05) is 15.3 Å². The Kier molecular flexibility index (Phi) is 4.45. The second kappa shape index (κ2) is 5.90. The van der Waals surface area contributed by atoms with Gasteiger partial charge in [0.1, 0.15) is 5.82 Å². The van der Waals surface area contributed by atoms with E-state index in [4.69, 9.17) is 0 Å². The van der Waals surface area contributed by atoms with Gasteiger partial charge in [0.05, 0.1) is 0 Å². The standard InChI is InChI=1S/C16H17FIN/c1-10-6-11(2)8-13(7-10)12(3)19-16-5-4-14(17)9-15(16)18/h4-9,12,19H,1-3H3. The van der Waals surface area contributed by atoms with Crippen LogP contribution in [0.15, 0.2) is 36.4 Å². The zero-order chi connectivity index (χ0) is 14.0. The van der Waals surface area contributed by atoms with Crippen LogP contribution in [0.2, 0.25) is 0 Å². The predicted octanol–water partition coefficient (Wildman–Crippen LogP) is 5.22. The monoisotopic (exact) mass is 369 g/mol. The first-order valence-electron chi connectivity index (χ1n) is 6.25. The number of benzene rings is 2. The molecule has 0 saturated carbocycles. The maximum Gasteiger partial charge on any atom is 0.124 e. The summed E-state index contributed by atoms with van der Waals surface area (Å²) in [5.41, 5.74) is 4.74. The summed E-state index contributed by atoms with van der Waals surface area (Å²) in [6, 6.07) is 11.5. The Morgan fingerprint density at radius 2 is 1.68 bits per heavy atom. The second-order valence-electron chi connectivity index (χ2n) is 4.91. The fourth-order valence-corrected chi connectivity index (χ4v) is 2.82. The van der Waals surface area contributed by atoms with Crippen molar-refractivity contribution in [3.63, 3.8) is 0 Å². The Balaban J connectivity index is 2.22. The van der Waals surface area contributed by atoms with E-state index >= 15 is 0 Å². The van der Waals surface area contributed by atoms with Gasteiger partial charge >= 0.3 is 0 Å². The van der Waals surface area contributed by atoms with E-state index in [1.54, 1.807) is 6.07 Å². The summed E-state index contributed by atoms with van der Waals surface area (Å²) in [5, 5.41) is 3.43. The number of aryl methyl sites for hydroxylation is 2. The summed E-state index contributed by atoms with van der Waals surface area (Å²) in [5.74, 6) is -0.200. The van der Waals surface area contributed by atoms with E-state index in [2.05, 4.69) is 66.9 Å². The molecule has 100 valence electrons. The van der Waals surface area contributed by atoms with Crippen LogP contribution < -0.4 is 5.32 Å². The highest BCUT2D eigenvalue weighted by Crippen LogP contribution is 2.25. The first-order chi connectivity index (χ1) is 8.95. The molecule has 1 N–H and O–H groups in total. The van der Waals surface area contributed by atoms with E-state index in [-0.39, 0.29) is 11.9 Å². The molecule has 2 rings (SSSR count). The molecule has 0 heterocycles. The van der Waals surface area contributed by atoms with E-state index in [1.165, 1.54) is 28.8 Å². The van der Waals surface area contributed by atoms with E-state index in [0.29, 0.717) is 0 Å². The van der Waals surface area contributed by atoms with Crippen molar-refractivity contribution in [2.24, 2.45) is 0 Å². The van der Waals surface area contributed by atoms with Gasteiger partial charge in [0.15, 0.2) is 0 Å². The lowest BCUT2D eigenvalue weighted by Gasteiger charge is -2.18. The molecule has 0 fully saturated rings. The Hall–Kier alpha value is -1.10. The van der Waals surface area contributed by atoms with Crippen LogP contribution in [-0.4, -0.2) is 0 Å². The molecule has 19 heavy (non-hydrogen) atoms. The number of nitrogens with one attached hydrogen (secondary N) is 1. The minimum atomic E-state index is -0.200. The molecular weight excluding hydrogens is 352 g/mol. The highest BCUT2D eigenvalue weighted by molar-refractivity contribution is 14.1. The fraction of sp³-hybridized carbons (Fsp3) is 0.250. The van der Waals surface area contributed by atoms with Gasteiger partial charge in [0.2, 0.25) is 0 Å². The molecule has 2 aromatic rings. The Morgan fingerprint density at radius 3 is 2.26 bits per heavy atom. The fourth-order valence-electron chi connectivity index (χ4n) is 2.18. The van der Waals surface area contributed by atoms with Crippen LogP contribution in [0.1, 0.15) is 29.7 Å². The maximum atomic E-state index is 13.1. The minimum Gasteiger partial charge on any atom is -0.378 e. The maximum absolute atomic E-state index is 13.1. The van der Waals surface area contributed by atoms with Gasteiger partial charge in [-0.2, -0.15) is 0 Å². The molecule has 0 aromatic heterocycles. The van der Waals surface area contributed by atoms with Crippen molar-refractivity contribution in [2.45, 2.75) is 26.8 Å². The largest absolute Gasteiger partial charge is 0.378 e. The summed E-state index contributed by atoms with van der Waals surface area (Å²) in [6.07, 6.45) is 0. The van der Waals surface area contributed by atoms with Crippen LogP contribution in [0, 0.1) is 23.2 Å². The summed E-state index contributed by atoms with van der Waals surface area (Å²) >= 11 is 2.15. The lowest BCUT2D eigenvalue weighted by atomic mass is 10.0. The normalized spacial score (nSPS) is 12.3. The van der Waals surface area contributed by atoms with Crippen LogP contribution in [0.4, 0.5) is 10.1 Å². The highest BCUT2D eigenvalue weighted by Gasteiger charge is 2.09. The molecule has 1 atom stereocenters. The zero-order valence-electron chi connectivity index (χ0n) is 11.3. The topological polar surface area (TPSA) is 12.0 Å². The van der Waals surface area contributed by atoms with E-state index < -0.39 is 0 Å². The number of rotatable bonds is 3. The molecule has 3 heteroatoms. The number of anilines is 1. The molecule has 1 unspecified atom stereocenters. The number of hydrogen-bond donors (Lipinski definition) is 1. The van der Waals surface area contributed by atoms with Crippen molar-refractivity contribution < 1.29 is 4.39 Å². The van der Waals surface area contributed by atoms with Gasteiger partial charge in [-0.25, -0.2) is 4.39 Å². The van der Waals surface area contributed by atoms with Gasteiger partial charge in [-0.05, 0) is 67.1 Å². The molecule has 0 radical (unpaired) electrons. The molecule has 0 aliphatic carbocycles. The molecular formula is C16H17FIN. The van der Waals surface area contributed by atoms with Crippen molar-refractivity contribution in [2.75, 3.05) is 5.32 Å². The first kappa shape index (κ1) is 14.3. The summed E-state index contributed by atoms with van der Waals surface area (Å²) in [6.45, 7) is 6.32. The van der Waals surface area contributed by atoms with Crippen molar-refractivity contribution >= 4 is 28.3 Å². The van der Waals surface area contributed by atoms with E-state index in [1.807, 2.05) is 0 Å². The Bertz CT molecular complexity index is 575. The van der Waals surface area contributed by atoms with Crippen LogP contribution in [0.5, 0.6) is 0 Å². The molecule has 0 saturated heterocycles. The molecule has 0 spiro atoms. The van der Waals surface area contributed by atoms with Gasteiger partial charge in [-0.15, -0.1) is 0 Å². The van der Waals surface area contributed by atoms with E-state index in [9.17, 15) is 4.39 Å². The van der Waals surface area contributed by atoms with Gasteiger partial charge in [0.25, 0.3) is 0 Å². The third-order valence-corrected chi connectivity index (χ3v) is 3.94. The van der Waals surface area contributed by atoms with Crippen molar-refractivity contribution in [1.29, 1.82) is 0 Å². The average Bonchev–Trinajstić information content (AvgIpc) is 2.31. The molecule has 2 aromatic carbocycles. The number of halogens is 2. The van der Waals surface area contributed by atoms with Crippen molar-refractivity contribution in [1.82, 2.24) is 0 Å². The number of hydrogen-bond acceptors (Lipinski definition) is 1. The lowest BCUT2D eigenvalue weighted by Crippen LogP contribution is -2.08. The summed E-state index contributed by atoms with van der Waals surface area (Å²) < 4.78 is 14.0. The van der Waals surface area contributed by atoms with E-state index in [0.717, 1.165) is 9.26 Å². The van der Waals surface area contributed by atoms with Gasteiger partial charge in [-0.3, -0.25) is 0 Å². The Labute approximate surface area is 127 Å². The molecule has 1 nitrogen and oxygen atoms in total. The molecule has 0 aliphatic heterocycles. The molecule has 0 aliphatic rings. The smallest absolute Gasteiger partial charge is 0.124 e. The van der Waals surface area contributed by atoms with Gasteiger partial charge in [-0.1, -0.05) is 29.3 Å². The molecule has 0 amide bonds. The van der Waals surface area contributed by atoms with Crippen LogP contribution in [0.25, 0.3) is 0 Å². The first-order valence-corrected chi connectivity index (χ1v) is 7.33. The van der Waals surface area contributed by atoms with Crippen LogP contribution in [0.3, 0.4) is 0 Å². The molecule has 0 bridgehead atoms. The zero-order valence-corrected chi connectivity index (χ0v) is 13.5. The Morgan fingerprint density at radius 1 is 1.05 bits per heavy atom. The average molecular weight is 369 g/mol. The van der Waals surface area contributed by atoms with Crippen LogP contribution in [-0.2, 0) is 0 Å². The third-order valence-electron chi connectivity index (χ3n) is 3.05. The summed E-state index contributed by atoms with van der Waals surface area (Å²) in [7, 11) is 0. The summed E-state index contributed by atoms with van der Waals surface area (Å²) in [4.78, 5) is 0. The van der Waals surface area contributed by atoms with Crippen molar-refractivity contribution in [3.8, 4) is 0 Å². The second-order valence-corrected chi connectivity index (χ2v) is 6.07.